The minimum atomic E-state index is -0.0890. The van der Waals surface area contributed by atoms with E-state index in [1.54, 1.807) is 14.2 Å². The summed E-state index contributed by atoms with van der Waals surface area (Å²) in [7, 11) is 3.23. The molecule has 0 radical (unpaired) electrons. The average molecular weight is 234 g/mol. The lowest BCUT2D eigenvalue weighted by Crippen LogP contribution is -1.98. The molecule has 1 aromatic carbocycles. The highest BCUT2D eigenvalue weighted by atomic mass is 16.5. The molecule has 1 aromatic rings. The second-order valence-electron chi connectivity index (χ2n) is 3.51. The van der Waals surface area contributed by atoms with Crippen LogP contribution in [-0.2, 0) is 4.74 Å². The quantitative estimate of drug-likeness (QED) is 0.749. The van der Waals surface area contributed by atoms with Crippen LogP contribution in [0.2, 0.25) is 0 Å². The zero-order valence-electron chi connectivity index (χ0n) is 10.7. The number of methoxy groups -OCH3 is 2. The maximum Gasteiger partial charge on any atom is 0.161 e. The molecule has 92 valence electrons. The van der Waals surface area contributed by atoms with Gasteiger partial charge in [-0.2, -0.15) is 0 Å². The summed E-state index contributed by atoms with van der Waals surface area (Å²) in [4.78, 5) is 0. The smallest absolute Gasteiger partial charge is 0.161 e. The monoisotopic (exact) mass is 234 g/mol. The van der Waals surface area contributed by atoms with Crippen LogP contribution in [0.4, 0.5) is 0 Å². The molecule has 0 saturated carbocycles. The summed E-state index contributed by atoms with van der Waals surface area (Å²) in [5.74, 6) is 4.28. The first-order valence-electron chi connectivity index (χ1n) is 5.58. The fourth-order valence-electron chi connectivity index (χ4n) is 1.38. The van der Waals surface area contributed by atoms with Gasteiger partial charge in [0.05, 0.1) is 14.2 Å². The van der Waals surface area contributed by atoms with Gasteiger partial charge in [0.2, 0.25) is 0 Å². The molecule has 1 unspecified atom stereocenters. The highest BCUT2D eigenvalue weighted by Crippen LogP contribution is 2.30. The van der Waals surface area contributed by atoms with Crippen LogP contribution in [0.5, 0.6) is 11.5 Å². The Morgan fingerprint density at radius 1 is 1.18 bits per heavy atom. The predicted octanol–water partition coefficient (Wildman–Crippen LogP) is 3.15. The Morgan fingerprint density at radius 3 is 2.47 bits per heavy atom. The summed E-state index contributed by atoms with van der Waals surface area (Å²) in [6, 6.07) is 5.71. The SMILES string of the molecule is CCC#COC(C)c1ccc(OC)c(OC)c1. The average Bonchev–Trinajstić information content (AvgIpc) is 2.38. The van der Waals surface area contributed by atoms with Gasteiger partial charge in [0.25, 0.3) is 0 Å². The second kappa shape index (κ2) is 6.70. The van der Waals surface area contributed by atoms with E-state index in [0.717, 1.165) is 12.0 Å². The van der Waals surface area contributed by atoms with Crippen LogP contribution in [0, 0.1) is 12.0 Å². The second-order valence-corrected chi connectivity index (χ2v) is 3.51. The zero-order valence-corrected chi connectivity index (χ0v) is 10.7. The summed E-state index contributed by atoms with van der Waals surface area (Å²) in [5, 5.41) is 0. The van der Waals surface area contributed by atoms with Gasteiger partial charge in [-0.05, 0) is 24.6 Å². The van der Waals surface area contributed by atoms with Crippen molar-refractivity contribution in [3.8, 4) is 23.5 Å². The predicted molar refractivity (Wildman–Crippen MR) is 67.1 cm³/mol. The summed E-state index contributed by atoms with van der Waals surface area (Å²) in [6.45, 7) is 3.93. The van der Waals surface area contributed by atoms with Gasteiger partial charge in [-0.15, -0.1) is 0 Å². The third-order valence-corrected chi connectivity index (χ3v) is 2.36. The summed E-state index contributed by atoms with van der Waals surface area (Å²) < 4.78 is 15.8. The highest BCUT2D eigenvalue weighted by Gasteiger charge is 2.10. The lowest BCUT2D eigenvalue weighted by Gasteiger charge is -2.13. The van der Waals surface area contributed by atoms with Crippen LogP contribution >= 0.6 is 0 Å². The molecule has 0 aliphatic heterocycles. The van der Waals surface area contributed by atoms with Gasteiger partial charge in [0.15, 0.2) is 11.5 Å². The van der Waals surface area contributed by atoms with E-state index in [0.29, 0.717) is 11.5 Å². The number of hydrogen-bond donors (Lipinski definition) is 0. The molecule has 0 aromatic heterocycles. The largest absolute Gasteiger partial charge is 0.493 e. The molecule has 0 aliphatic carbocycles. The van der Waals surface area contributed by atoms with E-state index in [4.69, 9.17) is 14.2 Å². The van der Waals surface area contributed by atoms with Crippen molar-refractivity contribution in [1.29, 1.82) is 0 Å². The Kier molecular flexibility index (Phi) is 5.22. The highest BCUT2D eigenvalue weighted by molar-refractivity contribution is 5.43. The van der Waals surface area contributed by atoms with Crippen LogP contribution in [0.1, 0.15) is 31.9 Å². The lowest BCUT2D eigenvalue weighted by molar-refractivity contribution is 0.187. The fourth-order valence-corrected chi connectivity index (χ4v) is 1.38. The van der Waals surface area contributed by atoms with Gasteiger partial charge in [-0.25, -0.2) is 0 Å². The Hall–Kier alpha value is -1.82. The molecule has 1 rings (SSSR count). The van der Waals surface area contributed by atoms with E-state index in [2.05, 4.69) is 12.0 Å². The standard InChI is InChI=1S/C14H18O3/c1-5-6-9-17-11(2)12-7-8-13(15-3)14(10-12)16-4/h7-8,10-11H,5H2,1-4H3. The molecule has 0 bridgehead atoms. The van der Waals surface area contributed by atoms with Crippen molar-refractivity contribution in [2.75, 3.05) is 14.2 Å². The summed E-state index contributed by atoms with van der Waals surface area (Å²) in [6.07, 6.45) is 3.38. The first-order valence-corrected chi connectivity index (χ1v) is 5.58. The molecule has 17 heavy (non-hydrogen) atoms. The Bertz CT molecular complexity index is 415. The van der Waals surface area contributed by atoms with E-state index >= 15 is 0 Å². The number of hydrogen-bond acceptors (Lipinski definition) is 3. The molecular formula is C14H18O3. The minimum absolute atomic E-state index is 0.0890. The fraction of sp³-hybridized carbons (Fsp3) is 0.429. The molecule has 1 atom stereocenters. The molecule has 0 amide bonds. The van der Waals surface area contributed by atoms with Gasteiger partial charge in [0, 0.05) is 6.42 Å². The molecule has 0 saturated heterocycles. The molecular weight excluding hydrogens is 216 g/mol. The van der Waals surface area contributed by atoms with Crippen molar-refractivity contribution in [2.45, 2.75) is 26.4 Å². The first kappa shape index (κ1) is 13.2. The molecule has 3 heteroatoms. The minimum Gasteiger partial charge on any atom is -0.493 e. The van der Waals surface area contributed by atoms with E-state index in [1.807, 2.05) is 32.0 Å². The van der Waals surface area contributed by atoms with Crippen molar-refractivity contribution < 1.29 is 14.2 Å². The zero-order chi connectivity index (χ0) is 12.7. The maximum absolute atomic E-state index is 5.38. The summed E-state index contributed by atoms with van der Waals surface area (Å²) >= 11 is 0. The van der Waals surface area contributed by atoms with Crippen LogP contribution in [0.3, 0.4) is 0 Å². The van der Waals surface area contributed by atoms with Crippen molar-refractivity contribution in [1.82, 2.24) is 0 Å². The Labute approximate surface area is 103 Å². The molecule has 0 spiro atoms. The van der Waals surface area contributed by atoms with E-state index < -0.39 is 0 Å². The van der Waals surface area contributed by atoms with Crippen LogP contribution in [0.15, 0.2) is 18.2 Å². The van der Waals surface area contributed by atoms with Gasteiger partial charge in [0.1, 0.15) is 12.2 Å². The third kappa shape index (κ3) is 3.60. The van der Waals surface area contributed by atoms with Gasteiger partial charge in [-0.3, -0.25) is 0 Å². The molecule has 0 heterocycles. The van der Waals surface area contributed by atoms with Crippen LogP contribution in [0.25, 0.3) is 0 Å². The van der Waals surface area contributed by atoms with Crippen molar-refractivity contribution in [3.05, 3.63) is 23.8 Å². The molecule has 0 aliphatic rings. The number of benzene rings is 1. The van der Waals surface area contributed by atoms with E-state index in [1.165, 1.54) is 0 Å². The summed E-state index contributed by atoms with van der Waals surface area (Å²) in [5.41, 5.74) is 1.01. The molecule has 0 N–H and O–H groups in total. The first-order chi connectivity index (χ1) is 8.22. The lowest BCUT2D eigenvalue weighted by atomic mass is 10.1. The van der Waals surface area contributed by atoms with Gasteiger partial charge in [-0.1, -0.05) is 18.9 Å². The maximum atomic E-state index is 5.38. The number of ether oxygens (including phenoxy) is 3. The Morgan fingerprint density at radius 2 is 1.88 bits per heavy atom. The molecule has 3 nitrogen and oxygen atoms in total. The third-order valence-electron chi connectivity index (χ3n) is 2.36. The van der Waals surface area contributed by atoms with Crippen LogP contribution in [-0.4, -0.2) is 14.2 Å². The van der Waals surface area contributed by atoms with Gasteiger partial charge < -0.3 is 14.2 Å². The van der Waals surface area contributed by atoms with Gasteiger partial charge >= 0.3 is 0 Å². The van der Waals surface area contributed by atoms with E-state index in [9.17, 15) is 0 Å². The van der Waals surface area contributed by atoms with E-state index in [-0.39, 0.29) is 6.10 Å². The van der Waals surface area contributed by atoms with Crippen molar-refractivity contribution >= 4 is 0 Å². The normalized spacial score (nSPS) is 11.1. The number of rotatable bonds is 4. The van der Waals surface area contributed by atoms with Crippen molar-refractivity contribution in [2.24, 2.45) is 0 Å². The van der Waals surface area contributed by atoms with Crippen molar-refractivity contribution in [3.63, 3.8) is 0 Å². The Balaban J connectivity index is 2.84. The molecule has 0 fully saturated rings. The topological polar surface area (TPSA) is 27.7 Å². The van der Waals surface area contributed by atoms with Crippen LogP contribution < -0.4 is 9.47 Å².